The third-order valence-electron chi connectivity index (χ3n) is 6.26. The quantitative estimate of drug-likeness (QED) is 0.306. The second-order valence-electron chi connectivity index (χ2n) is 9.33. The molecule has 35 heavy (non-hydrogen) atoms. The molecule has 1 unspecified atom stereocenters. The number of hydrogen-bond acceptors (Lipinski definition) is 6. The van der Waals surface area contributed by atoms with E-state index in [-0.39, 0.29) is 5.69 Å². The van der Waals surface area contributed by atoms with Crippen molar-refractivity contribution in [3.8, 4) is 5.75 Å². The number of methoxy groups -OCH3 is 1. The summed E-state index contributed by atoms with van der Waals surface area (Å²) in [4.78, 5) is 23.4. The summed E-state index contributed by atoms with van der Waals surface area (Å²) in [6, 6.07) is 8.32. The minimum atomic E-state index is -0.537. The zero-order chi connectivity index (χ0) is 25.2. The highest BCUT2D eigenvalue weighted by atomic mass is 79.9. The van der Waals surface area contributed by atoms with Gasteiger partial charge in [0.15, 0.2) is 0 Å². The first kappa shape index (κ1) is 25.2. The fourth-order valence-corrected chi connectivity index (χ4v) is 4.80. The van der Waals surface area contributed by atoms with Crippen molar-refractivity contribution >= 4 is 50.1 Å². The van der Waals surface area contributed by atoms with Gasteiger partial charge in [0.05, 0.1) is 30.5 Å². The number of halogens is 2. The van der Waals surface area contributed by atoms with E-state index < -0.39 is 17.5 Å². The Bertz CT molecular complexity index is 1240. The third kappa shape index (κ3) is 5.34. The largest absolute Gasteiger partial charge is 0.494 e. The molecular formula is C26H30BrFN4O3. The molecule has 2 aromatic carbocycles. The zero-order valence-corrected chi connectivity index (χ0v) is 22.0. The number of benzene rings is 2. The predicted molar refractivity (Wildman–Crippen MR) is 139 cm³/mol. The summed E-state index contributed by atoms with van der Waals surface area (Å²) >= 11 is 3.27. The number of carbonyl (C=O) groups excluding carboxylic acids is 1. The van der Waals surface area contributed by atoms with E-state index in [0.29, 0.717) is 45.1 Å². The van der Waals surface area contributed by atoms with Crippen LogP contribution in [0, 0.1) is 11.7 Å². The van der Waals surface area contributed by atoms with Crippen LogP contribution in [0.15, 0.2) is 41.1 Å². The number of nitrogens with one attached hydrogen (secondary N) is 1. The van der Waals surface area contributed by atoms with Gasteiger partial charge in [0.2, 0.25) is 0 Å². The molecule has 0 spiro atoms. The first-order valence-corrected chi connectivity index (χ1v) is 12.6. The Balaban J connectivity index is 1.74. The van der Waals surface area contributed by atoms with Crippen LogP contribution < -0.4 is 15.0 Å². The molecule has 9 heteroatoms. The number of aromatic nitrogens is 2. The summed E-state index contributed by atoms with van der Waals surface area (Å²) < 4.78 is 26.8. The van der Waals surface area contributed by atoms with Gasteiger partial charge in [-0.3, -0.25) is 4.90 Å². The molecule has 3 aromatic rings. The fraction of sp³-hybridized carbons (Fsp3) is 0.423. The average molecular weight is 545 g/mol. The lowest BCUT2D eigenvalue weighted by Crippen LogP contribution is -2.35. The molecule has 1 N–H and O–H groups in total. The lowest BCUT2D eigenvalue weighted by atomic mass is 9.89. The molecule has 0 radical (unpaired) electrons. The van der Waals surface area contributed by atoms with Crippen LogP contribution in [0.2, 0.25) is 0 Å². The van der Waals surface area contributed by atoms with Crippen LogP contribution in [0.3, 0.4) is 0 Å². The second kappa shape index (κ2) is 10.4. The van der Waals surface area contributed by atoms with E-state index in [0.717, 1.165) is 25.7 Å². The second-order valence-corrected chi connectivity index (χ2v) is 10.2. The van der Waals surface area contributed by atoms with Crippen molar-refractivity contribution in [3.63, 3.8) is 0 Å². The van der Waals surface area contributed by atoms with Crippen LogP contribution in [0.1, 0.15) is 46.5 Å². The van der Waals surface area contributed by atoms with Gasteiger partial charge in [-0.05, 0) is 49.4 Å². The maximum absolute atomic E-state index is 14.5. The summed E-state index contributed by atoms with van der Waals surface area (Å²) in [6.45, 7) is 6.87. The predicted octanol–water partition coefficient (Wildman–Crippen LogP) is 7.22. The molecule has 186 valence electrons. The van der Waals surface area contributed by atoms with E-state index in [1.165, 1.54) is 12.4 Å². The summed E-state index contributed by atoms with van der Waals surface area (Å²) in [5, 5.41) is 3.69. The molecule has 0 bridgehead atoms. The van der Waals surface area contributed by atoms with Gasteiger partial charge in [0.1, 0.15) is 29.3 Å². The van der Waals surface area contributed by atoms with Gasteiger partial charge in [-0.1, -0.05) is 43.1 Å². The van der Waals surface area contributed by atoms with Gasteiger partial charge in [-0.2, -0.15) is 0 Å². The van der Waals surface area contributed by atoms with Crippen molar-refractivity contribution in [2.75, 3.05) is 23.9 Å². The van der Waals surface area contributed by atoms with Crippen molar-refractivity contribution in [2.45, 2.75) is 52.1 Å². The van der Waals surface area contributed by atoms with Crippen LogP contribution in [-0.4, -0.2) is 35.3 Å². The number of nitrogens with zero attached hydrogens (tertiary/aromatic N) is 3. The van der Waals surface area contributed by atoms with Crippen molar-refractivity contribution < 1.29 is 18.7 Å². The fourth-order valence-electron chi connectivity index (χ4n) is 4.47. The molecule has 1 aliphatic heterocycles. The minimum absolute atomic E-state index is 0.279. The molecule has 1 saturated heterocycles. The van der Waals surface area contributed by atoms with Crippen molar-refractivity contribution in [2.24, 2.45) is 5.92 Å². The van der Waals surface area contributed by atoms with E-state index in [9.17, 15) is 9.18 Å². The lowest BCUT2D eigenvalue weighted by molar-refractivity contribution is 0.0374. The van der Waals surface area contributed by atoms with Gasteiger partial charge < -0.3 is 14.8 Å². The Hall–Kier alpha value is -2.94. The van der Waals surface area contributed by atoms with Gasteiger partial charge in [0, 0.05) is 15.9 Å². The van der Waals surface area contributed by atoms with Crippen molar-refractivity contribution in [3.05, 3.63) is 46.9 Å². The average Bonchev–Trinajstić information content (AvgIpc) is 3.15. The molecule has 1 aromatic heterocycles. The zero-order valence-electron chi connectivity index (χ0n) is 20.4. The van der Waals surface area contributed by atoms with Gasteiger partial charge in [0.25, 0.3) is 0 Å². The third-order valence-corrected chi connectivity index (χ3v) is 6.76. The summed E-state index contributed by atoms with van der Waals surface area (Å²) in [5.74, 6) is 1.02. The summed E-state index contributed by atoms with van der Waals surface area (Å²) in [5.41, 5.74) is 0.918. The Morgan fingerprint density at radius 2 is 2.06 bits per heavy atom. The molecule has 7 nitrogen and oxygen atoms in total. The number of rotatable bonds is 9. The number of fused-ring (bicyclic) bond motifs is 1. The maximum atomic E-state index is 14.5. The molecule has 1 fully saturated rings. The van der Waals surface area contributed by atoms with E-state index >= 15 is 0 Å². The van der Waals surface area contributed by atoms with Crippen LogP contribution in [0.5, 0.6) is 5.75 Å². The highest BCUT2D eigenvalue weighted by Crippen LogP contribution is 2.41. The van der Waals surface area contributed by atoms with Crippen LogP contribution in [0.25, 0.3) is 10.9 Å². The van der Waals surface area contributed by atoms with E-state index in [1.807, 2.05) is 0 Å². The lowest BCUT2D eigenvalue weighted by Gasteiger charge is -2.27. The van der Waals surface area contributed by atoms with Gasteiger partial charge >= 0.3 is 6.09 Å². The first-order chi connectivity index (χ1) is 16.7. The SMILES string of the molecule is CCCC1(CCC(C)C)CN(c2cc3c(Nc4ccc(Br)cc4F)ncnc3cc2OC)C(=O)O1. The maximum Gasteiger partial charge on any atom is 0.415 e. The summed E-state index contributed by atoms with van der Waals surface area (Å²) in [7, 11) is 1.56. The van der Waals surface area contributed by atoms with Crippen LogP contribution >= 0.6 is 15.9 Å². The number of amides is 1. The highest BCUT2D eigenvalue weighted by molar-refractivity contribution is 9.10. The Kier molecular flexibility index (Phi) is 7.44. The Morgan fingerprint density at radius 1 is 1.26 bits per heavy atom. The Labute approximate surface area is 213 Å². The molecule has 0 aliphatic carbocycles. The monoisotopic (exact) mass is 544 g/mol. The number of hydrogen-bond donors (Lipinski definition) is 1. The van der Waals surface area contributed by atoms with Crippen LogP contribution in [-0.2, 0) is 4.74 Å². The van der Waals surface area contributed by atoms with E-state index in [2.05, 4.69) is 52.0 Å². The standard InChI is InChI=1S/C26H30BrFN4O3/c1-5-9-26(10-8-16(2)3)14-32(25(33)35-26)22-12-18-21(13-23(22)34-4)29-15-30-24(18)31-20-7-6-17(27)11-19(20)28/h6-7,11-13,15-16H,5,8-10,14H2,1-4H3,(H,29,30,31). The Morgan fingerprint density at radius 3 is 2.74 bits per heavy atom. The van der Waals surface area contributed by atoms with Crippen molar-refractivity contribution in [1.29, 1.82) is 0 Å². The minimum Gasteiger partial charge on any atom is -0.494 e. The molecule has 1 atom stereocenters. The number of cyclic esters (lactones) is 1. The highest BCUT2D eigenvalue weighted by Gasteiger charge is 2.45. The van der Waals surface area contributed by atoms with Gasteiger partial charge in [-0.15, -0.1) is 0 Å². The van der Waals surface area contributed by atoms with Crippen LogP contribution in [0.4, 0.5) is 26.4 Å². The topological polar surface area (TPSA) is 76.6 Å². The van der Waals surface area contributed by atoms with E-state index in [4.69, 9.17) is 9.47 Å². The number of ether oxygens (including phenoxy) is 2. The molecule has 4 rings (SSSR count). The first-order valence-electron chi connectivity index (χ1n) is 11.8. The normalized spacial score (nSPS) is 17.8. The summed E-state index contributed by atoms with van der Waals surface area (Å²) in [6.07, 6.45) is 4.48. The smallest absolute Gasteiger partial charge is 0.415 e. The number of anilines is 3. The molecule has 1 aliphatic rings. The molecule has 1 amide bonds. The van der Waals surface area contributed by atoms with Crippen molar-refractivity contribution in [1.82, 2.24) is 9.97 Å². The number of carbonyl (C=O) groups is 1. The molecule has 0 saturated carbocycles. The van der Waals surface area contributed by atoms with Gasteiger partial charge in [-0.25, -0.2) is 19.2 Å². The van der Waals surface area contributed by atoms with E-state index in [1.54, 1.807) is 36.3 Å². The molecule has 2 heterocycles. The molecular weight excluding hydrogens is 515 g/mol.